The third-order valence-electron chi connectivity index (χ3n) is 2.90. The van der Waals surface area contributed by atoms with Gasteiger partial charge in [0.05, 0.1) is 11.1 Å². The molecule has 19 heavy (non-hydrogen) atoms. The predicted molar refractivity (Wildman–Crippen MR) is 71.4 cm³/mol. The summed E-state index contributed by atoms with van der Waals surface area (Å²) in [5.41, 5.74) is -1.81. The maximum Gasteiger partial charge on any atom is 0.350 e. The SMILES string of the molecule is CCCCn1cc([N+](=O)[O-])c(=O)n(CCCC)c1=O. The zero-order valence-corrected chi connectivity index (χ0v) is 11.3. The standard InChI is InChI=1S/C12H19N3O4/c1-3-5-7-13-9-10(15(18)19)11(16)14(12(13)17)8-6-4-2/h9H,3-8H2,1-2H3. The summed E-state index contributed by atoms with van der Waals surface area (Å²) in [5.74, 6) is 0. The van der Waals surface area contributed by atoms with E-state index >= 15 is 0 Å². The molecule has 0 fully saturated rings. The van der Waals surface area contributed by atoms with Crippen LogP contribution in [0.1, 0.15) is 39.5 Å². The van der Waals surface area contributed by atoms with Gasteiger partial charge in [-0.15, -0.1) is 0 Å². The van der Waals surface area contributed by atoms with Gasteiger partial charge in [0.25, 0.3) is 0 Å². The highest BCUT2D eigenvalue weighted by Gasteiger charge is 2.19. The third kappa shape index (κ3) is 3.52. The van der Waals surface area contributed by atoms with E-state index in [2.05, 4.69) is 0 Å². The number of nitro groups is 1. The van der Waals surface area contributed by atoms with Crippen LogP contribution in [-0.2, 0) is 13.1 Å². The molecule has 0 radical (unpaired) electrons. The summed E-state index contributed by atoms with van der Waals surface area (Å²) < 4.78 is 2.23. The lowest BCUT2D eigenvalue weighted by molar-refractivity contribution is -0.387. The topological polar surface area (TPSA) is 87.1 Å². The summed E-state index contributed by atoms with van der Waals surface area (Å²) in [6.45, 7) is 4.51. The summed E-state index contributed by atoms with van der Waals surface area (Å²) in [6.07, 6.45) is 4.12. The van der Waals surface area contributed by atoms with E-state index in [0.29, 0.717) is 13.0 Å². The van der Waals surface area contributed by atoms with Crippen LogP contribution >= 0.6 is 0 Å². The summed E-state index contributed by atoms with van der Waals surface area (Å²) in [5, 5.41) is 10.9. The van der Waals surface area contributed by atoms with Crippen molar-refractivity contribution in [3.8, 4) is 0 Å². The Kier molecular flexibility index (Phi) is 5.47. The van der Waals surface area contributed by atoms with E-state index in [9.17, 15) is 19.7 Å². The van der Waals surface area contributed by atoms with E-state index < -0.39 is 21.9 Å². The van der Waals surface area contributed by atoms with Gasteiger partial charge in [-0.25, -0.2) is 4.79 Å². The molecule has 0 aliphatic carbocycles. The fourth-order valence-corrected chi connectivity index (χ4v) is 1.77. The minimum atomic E-state index is -0.809. The Balaban J connectivity index is 3.34. The Morgan fingerprint density at radius 2 is 1.74 bits per heavy atom. The van der Waals surface area contributed by atoms with Crippen LogP contribution in [0.25, 0.3) is 0 Å². The quantitative estimate of drug-likeness (QED) is 0.554. The molecule has 0 bridgehead atoms. The number of nitrogens with zero attached hydrogens (tertiary/aromatic N) is 3. The van der Waals surface area contributed by atoms with Gasteiger partial charge in [-0.3, -0.25) is 24.0 Å². The highest BCUT2D eigenvalue weighted by Crippen LogP contribution is 2.02. The minimum Gasteiger partial charge on any atom is -0.293 e. The van der Waals surface area contributed by atoms with E-state index in [1.165, 1.54) is 4.57 Å². The average molecular weight is 269 g/mol. The van der Waals surface area contributed by atoms with Crippen molar-refractivity contribution in [3.63, 3.8) is 0 Å². The Labute approximate surface area is 110 Å². The molecule has 0 aliphatic heterocycles. The summed E-state index contributed by atoms with van der Waals surface area (Å²) >= 11 is 0. The molecule has 7 heteroatoms. The highest BCUT2D eigenvalue weighted by molar-refractivity contribution is 5.21. The van der Waals surface area contributed by atoms with E-state index in [0.717, 1.165) is 30.0 Å². The van der Waals surface area contributed by atoms with Crippen molar-refractivity contribution in [1.82, 2.24) is 9.13 Å². The molecule has 0 spiro atoms. The van der Waals surface area contributed by atoms with E-state index in [1.807, 2.05) is 13.8 Å². The Hall–Kier alpha value is -1.92. The Morgan fingerprint density at radius 3 is 2.26 bits per heavy atom. The lowest BCUT2D eigenvalue weighted by Gasteiger charge is -2.09. The largest absolute Gasteiger partial charge is 0.350 e. The molecular weight excluding hydrogens is 250 g/mol. The van der Waals surface area contributed by atoms with Crippen molar-refractivity contribution in [3.05, 3.63) is 37.1 Å². The van der Waals surface area contributed by atoms with E-state index in [4.69, 9.17) is 0 Å². The lowest BCUT2D eigenvalue weighted by Crippen LogP contribution is -2.40. The van der Waals surface area contributed by atoms with E-state index in [1.54, 1.807) is 0 Å². The first-order valence-electron chi connectivity index (χ1n) is 6.51. The average Bonchev–Trinajstić information content (AvgIpc) is 2.37. The molecule has 1 aromatic rings. The van der Waals surface area contributed by atoms with Crippen molar-refractivity contribution < 1.29 is 4.92 Å². The molecule has 106 valence electrons. The van der Waals surface area contributed by atoms with Gasteiger partial charge >= 0.3 is 16.9 Å². The number of aryl methyl sites for hydroxylation is 1. The van der Waals surface area contributed by atoms with Gasteiger partial charge in [0.15, 0.2) is 0 Å². The summed E-state index contributed by atoms with van der Waals surface area (Å²) in [6, 6.07) is 0. The van der Waals surface area contributed by atoms with Crippen LogP contribution in [0.5, 0.6) is 0 Å². The maximum absolute atomic E-state index is 12.1. The Bertz CT molecular complexity index is 559. The zero-order chi connectivity index (χ0) is 14.4. The van der Waals surface area contributed by atoms with Crippen LogP contribution in [-0.4, -0.2) is 14.1 Å². The summed E-state index contributed by atoms with van der Waals surface area (Å²) in [4.78, 5) is 34.1. The molecule has 0 aliphatic rings. The van der Waals surface area contributed by atoms with Gasteiger partial charge in [-0.2, -0.15) is 0 Å². The minimum absolute atomic E-state index is 0.224. The monoisotopic (exact) mass is 269 g/mol. The fraction of sp³-hybridized carbons (Fsp3) is 0.667. The molecule has 0 unspecified atom stereocenters. The van der Waals surface area contributed by atoms with Gasteiger partial charge in [-0.05, 0) is 12.8 Å². The molecule has 7 nitrogen and oxygen atoms in total. The molecular formula is C12H19N3O4. The number of hydrogen-bond acceptors (Lipinski definition) is 4. The van der Waals surface area contributed by atoms with Gasteiger partial charge in [0, 0.05) is 13.1 Å². The number of unbranched alkanes of at least 4 members (excludes halogenated alkanes) is 2. The smallest absolute Gasteiger partial charge is 0.293 e. The molecule has 0 N–H and O–H groups in total. The zero-order valence-electron chi connectivity index (χ0n) is 11.3. The van der Waals surface area contributed by atoms with Crippen molar-refractivity contribution in [1.29, 1.82) is 0 Å². The van der Waals surface area contributed by atoms with Crippen molar-refractivity contribution in [2.45, 2.75) is 52.6 Å². The van der Waals surface area contributed by atoms with Crippen LogP contribution in [0.4, 0.5) is 5.69 Å². The third-order valence-corrected chi connectivity index (χ3v) is 2.90. The number of aromatic nitrogens is 2. The van der Waals surface area contributed by atoms with Crippen molar-refractivity contribution in [2.24, 2.45) is 0 Å². The first kappa shape index (κ1) is 15.1. The molecule has 0 saturated heterocycles. The number of rotatable bonds is 7. The molecule has 0 aromatic carbocycles. The van der Waals surface area contributed by atoms with Gasteiger partial charge in [0.1, 0.15) is 0 Å². The second kappa shape index (κ2) is 6.86. The first-order valence-corrected chi connectivity index (χ1v) is 6.51. The first-order chi connectivity index (χ1) is 9.02. The molecule has 1 rings (SSSR count). The van der Waals surface area contributed by atoms with Crippen LogP contribution in [0.2, 0.25) is 0 Å². The fourth-order valence-electron chi connectivity index (χ4n) is 1.77. The molecule has 1 heterocycles. The summed E-state index contributed by atoms with van der Waals surface area (Å²) in [7, 11) is 0. The van der Waals surface area contributed by atoms with Gasteiger partial charge in [0.2, 0.25) is 0 Å². The van der Waals surface area contributed by atoms with Gasteiger partial charge < -0.3 is 0 Å². The molecule has 1 aromatic heterocycles. The predicted octanol–water partition coefficient (Wildman–Crippen LogP) is 1.52. The maximum atomic E-state index is 12.1. The normalized spacial score (nSPS) is 10.6. The van der Waals surface area contributed by atoms with Crippen LogP contribution < -0.4 is 11.2 Å². The molecule has 0 atom stereocenters. The van der Waals surface area contributed by atoms with Crippen LogP contribution in [0.3, 0.4) is 0 Å². The Morgan fingerprint density at radius 1 is 1.16 bits per heavy atom. The molecule has 0 amide bonds. The van der Waals surface area contributed by atoms with Gasteiger partial charge in [-0.1, -0.05) is 26.7 Å². The molecule has 0 saturated carbocycles. The van der Waals surface area contributed by atoms with Crippen molar-refractivity contribution >= 4 is 5.69 Å². The number of hydrogen-bond donors (Lipinski definition) is 0. The lowest BCUT2D eigenvalue weighted by atomic mass is 10.3. The van der Waals surface area contributed by atoms with Crippen LogP contribution in [0.15, 0.2) is 15.8 Å². The van der Waals surface area contributed by atoms with Crippen molar-refractivity contribution in [2.75, 3.05) is 0 Å². The highest BCUT2D eigenvalue weighted by atomic mass is 16.6. The second-order valence-corrected chi connectivity index (χ2v) is 4.41. The van der Waals surface area contributed by atoms with E-state index in [-0.39, 0.29) is 6.54 Å². The van der Waals surface area contributed by atoms with Crippen LogP contribution in [0, 0.1) is 10.1 Å². The second-order valence-electron chi connectivity index (χ2n) is 4.41.